The highest BCUT2D eigenvalue weighted by Crippen LogP contribution is 2.21. The van der Waals surface area contributed by atoms with Crippen LogP contribution in [-0.2, 0) is 16.1 Å². The second-order valence-corrected chi connectivity index (χ2v) is 7.53. The fourth-order valence-electron chi connectivity index (χ4n) is 2.72. The third kappa shape index (κ3) is 4.58. The van der Waals surface area contributed by atoms with Gasteiger partial charge in [0.2, 0.25) is 0 Å². The summed E-state index contributed by atoms with van der Waals surface area (Å²) in [7, 11) is 0. The van der Waals surface area contributed by atoms with Gasteiger partial charge in [-0.05, 0) is 32.4 Å². The molecule has 1 aromatic heterocycles. The van der Waals surface area contributed by atoms with Crippen LogP contribution in [0.4, 0.5) is 5.69 Å². The van der Waals surface area contributed by atoms with E-state index in [4.69, 9.17) is 4.74 Å². The van der Waals surface area contributed by atoms with Crippen LogP contribution < -0.4 is 10.2 Å². The number of ether oxygens (including phenoxy) is 1. The molecule has 0 aliphatic carbocycles. The van der Waals surface area contributed by atoms with Crippen LogP contribution in [0.25, 0.3) is 11.4 Å². The molecule has 2 heterocycles. The number of hydrogen-bond acceptors (Lipinski definition) is 6. The van der Waals surface area contributed by atoms with Gasteiger partial charge in [-0.25, -0.2) is 9.97 Å². The molecule has 1 N–H and O–H groups in total. The first-order chi connectivity index (χ1) is 12.4. The highest BCUT2D eigenvalue weighted by Gasteiger charge is 2.23. The van der Waals surface area contributed by atoms with Gasteiger partial charge >= 0.3 is 5.97 Å². The lowest BCUT2D eigenvalue weighted by molar-refractivity contribution is -0.154. The van der Waals surface area contributed by atoms with E-state index in [1.165, 1.54) is 0 Å². The molecule has 1 aliphatic heterocycles. The Labute approximate surface area is 154 Å². The monoisotopic (exact) mass is 354 g/mol. The predicted molar refractivity (Wildman–Crippen MR) is 102 cm³/mol. The average molecular weight is 354 g/mol. The Kier molecular flexibility index (Phi) is 5.52. The van der Waals surface area contributed by atoms with Crippen molar-refractivity contribution in [3.8, 4) is 11.4 Å². The Bertz CT molecular complexity index is 747. The average Bonchev–Trinajstić information content (AvgIpc) is 2.66. The van der Waals surface area contributed by atoms with Crippen molar-refractivity contribution >= 4 is 11.7 Å². The first kappa shape index (κ1) is 18.3. The number of hydrogen-bond donors (Lipinski definition) is 1. The van der Waals surface area contributed by atoms with Crippen LogP contribution in [0, 0.1) is 5.41 Å². The van der Waals surface area contributed by atoms with Gasteiger partial charge < -0.3 is 15.0 Å². The van der Waals surface area contributed by atoms with Gasteiger partial charge in [-0.2, -0.15) is 0 Å². The molecule has 0 atom stereocenters. The summed E-state index contributed by atoms with van der Waals surface area (Å²) in [5, 5.41) is 3.34. The molecule has 0 radical (unpaired) electrons. The zero-order valence-electron chi connectivity index (χ0n) is 15.7. The summed E-state index contributed by atoms with van der Waals surface area (Å²) in [5.74, 6) is 0.465. The van der Waals surface area contributed by atoms with E-state index in [9.17, 15) is 4.79 Å². The number of rotatable bonds is 4. The van der Waals surface area contributed by atoms with Crippen molar-refractivity contribution in [3.63, 3.8) is 0 Å². The predicted octanol–water partition coefficient (Wildman–Crippen LogP) is 2.64. The Morgan fingerprint density at radius 3 is 2.54 bits per heavy atom. The summed E-state index contributed by atoms with van der Waals surface area (Å²) >= 11 is 0. The van der Waals surface area contributed by atoms with E-state index in [2.05, 4.69) is 20.2 Å². The van der Waals surface area contributed by atoms with Crippen molar-refractivity contribution in [3.05, 3.63) is 42.2 Å². The number of nitrogens with zero attached hydrogens (tertiary/aromatic N) is 3. The molecule has 0 saturated carbocycles. The largest absolute Gasteiger partial charge is 0.460 e. The van der Waals surface area contributed by atoms with E-state index in [0.29, 0.717) is 5.82 Å². The lowest BCUT2D eigenvalue weighted by atomic mass is 9.97. The number of aromatic nitrogens is 2. The van der Waals surface area contributed by atoms with Crippen LogP contribution in [0.15, 0.2) is 36.7 Å². The molecule has 2 aromatic rings. The van der Waals surface area contributed by atoms with E-state index < -0.39 is 5.41 Å². The van der Waals surface area contributed by atoms with Gasteiger partial charge in [0, 0.05) is 31.7 Å². The van der Waals surface area contributed by atoms with Crippen LogP contribution in [0.5, 0.6) is 0 Å². The van der Waals surface area contributed by atoms with Gasteiger partial charge in [0.25, 0.3) is 0 Å². The van der Waals surface area contributed by atoms with Gasteiger partial charge in [-0.1, -0.05) is 18.2 Å². The number of nitrogens with one attached hydrogen (secondary N) is 1. The fourth-order valence-corrected chi connectivity index (χ4v) is 2.72. The normalized spacial score (nSPS) is 15.0. The topological polar surface area (TPSA) is 67.3 Å². The number of carbonyl (C=O) groups excluding carboxylic acids is 1. The van der Waals surface area contributed by atoms with Crippen LogP contribution in [0.2, 0.25) is 0 Å². The van der Waals surface area contributed by atoms with Gasteiger partial charge in [0.15, 0.2) is 5.82 Å². The maximum atomic E-state index is 11.9. The summed E-state index contributed by atoms with van der Waals surface area (Å²) in [5.41, 5.74) is 2.39. The van der Waals surface area contributed by atoms with Crippen molar-refractivity contribution in [1.82, 2.24) is 15.3 Å². The Balaban J connectivity index is 1.68. The van der Waals surface area contributed by atoms with Gasteiger partial charge in [-0.15, -0.1) is 0 Å². The van der Waals surface area contributed by atoms with E-state index in [1.54, 1.807) is 0 Å². The second kappa shape index (κ2) is 7.83. The smallest absolute Gasteiger partial charge is 0.311 e. The first-order valence-corrected chi connectivity index (χ1v) is 8.98. The van der Waals surface area contributed by atoms with Gasteiger partial charge in [0.05, 0.1) is 23.5 Å². The minimum atomic E-state index is -0.499. The highest BCUT2D eigenvalue weighted by molar-refractivity contribution is 5.75. The van der Waals surface area contributed by atoms with Crippen LogP contribution >= 0.6 is 0 Å². The lowest BCUT2D eigenvalue weighted by Gasteiger charge is -2.28. The quantitative estimate of drug-likeness (QED) is 0.852. The maximum Gasteiger partial charge on any atom is 0.311 e. The number of esters is 1. The lowest BCUT2D eigenvalue weighted by Crippen LogP contribution is -2.43. The molecule has 6 heteroatoms. The van der Waals surface area contributed by atoms with E-state index >= 15 is 0 Å². The third-order valence-corrected chi connectivity index (χ3v) is 4.29. The van der Waals surface area contributed by atoms with Gasteiger partial charge in [-0.3, -0.25) is 4.79 Å². The van der Waals surface area contributed by atoms with Crippen LogP contribution in [0.1, 0.15) is 26.3 Å². The molecule has 0 bridgehead atoms. The molecule has 0 spiro atoms. The van der Waals surface area contributed by atoms with Crippen LogP contribution in [0.3, 0.4) is 0 Å². The maximum absolute atomic E-state index is 11.9. The SMILES string of the molecule is CC(C)(C)C(=O)OCc1cccc(-c2ncc(N3CCNCC3)cn2)c1. The molecule has 1 fully saturated rings. The Morgan fingerprint density at radius 1 is 1.19 bits per heavy atom. The minimum absolute atomic E-state index is 0.209. The molecular formula is C20H26N4O2. The molecule has 3 rings (SSSR count). The van der Waals surface area contributed by atoms with E-state index in [1.807, 2.05) is 57.4 Å². The van der Waals surface area contributed by atoms with Crippen molar-refractivity contribution in [2.75, 3.05) is 31.1 Å². The zero-order valence-corrected chi connectivity index (χ0v) is 15.7. The molecule has 6 nitrogen and oxygen atoms in total. The number of benzene rings is 1. The molecule has 1 saturated heterocycles. The van der Waals surface area contributed by atoms with Crippen LogP contribution in [-0.4, -0.2) is 42.1 Å². The molecule has 1 aromatic carbocycles. The molecule has 1 aliphatic rings. The fraction of sp³-hybridized carbons (Fsp3) is 0.450. The highest BCUT2D eigenvalue weighted by atomic mass is 16.5. The third-order valence-electron chi connectivity index (χ3n) is 4.29. The summed E-state index contributed by atoms with van der Waals surface area (Å²) in [6.07, 6.45) is 3.75. The second-order valence-electron chi connectivity index (χ2n) is 7.53. The van der Waals surface area contributed by atoms with Crippen molar-refractivity contribution in [2.24, 2.45) is 5.41 Å². The van der Waals surface area contributed by atoms with Crippen molar-refractivity contribution < 1.29 is 9.53 Å². The number of carbonyl (C=O) groups is 1. The summed E-state index contributed by atoms with van der Waals surface area (Å²) in [6, 6.07) is 7.81. The molecule has 0 amide bonds. The summed E-state index contributed by atoms with van der Waals surface area (Å²) in [6.45, 7) is 9.70. The van der Waals surface area contributed by atoms with Gasteiger partial charge in [0.1, 0.15) is 6.61 Å². The molecule has 26 heavy (non-hydrogen) atoms. The van der Waals surface area contributed by atoms with E-state index in [-0.39, 0.29) is 12.6 Å². The molecular weight excluding hydrogens is 328 g/mol. The summed E-state index contributed by atoms with van der Waals surface area (Å²) < 4.78 is 5.39. The number of piperazine rings is 1. The van der Waals surface area contributed by atoms with Crippen molar-refractivity contribution in [1.29, 1.82) is 0 Å². The van der Waals surface area contributed by atoms with E-state index in [0.717, 1.165) is 43.0 Å². The standard InChI is InChI=1S/C20H26N4O2/c1-20(2,3)19(25)26-14-15-5-4-6-16(11-15)18-22-12-17(13-23-18)24-9-7-21-8-10-24/h4-6,11-13,21H,7-10,14H2,1-3H3. The zero-order chi connectivity index (χ0) is 18.6. The first-order valence-electron chi connectivity index (χ1n) is 8.98. The molecule has 0 unspecified atom stereocenters. The number of anilines is 1. The Hall–Kier alpha value is -2.47. The van der Waals surface area contributed by atoms with Crippen molar-refractivity contribution in [2.45, 2.75) is 27.4 Å². The minimum Gasteiger partial charge on any atom is -0.460 e. The Morgan fingerprint density at radius 2 is 1.88 bits per heavy atom. The molecule has 138 valence electrons. The summed E-state index contributed by atoms with van der Waals surface area (Å²) in [4.78, 5) is 23.2.